The van der Waals surface area contributed by atoms with Gasteiger partial charge in [0, 0.05) is 61.1 Å². The van der Waals surface area contributed by atoms with Gasteiger partial charge < -0.3 is 25.8 Å². The predicted octanol–water partition coefficient (Wildman–Crippen LogP) is 5.71. The maximum atomic E-state index is 13.7. The van der Waals surface area contributed by atoms with Gasteiger partial charge in [0.25, 0.3) is 5.91 Å². The third-order valence-corrected chi connectivity index (χ3v) is 9.97. The Labute approximate surface area is 299 Å². The first-order valence-electron chi connectivity index (χ1n) is 17.6. The fourth-order valence-corrected chi connectivity index (χ4v) is 6.62. The molecule has 3 N–H and O–H groups in total. The third kappa shape index (κ3) is 7.46. The first-order valence-corrected chi connectivity index (χ1v) is 17.6. The summed E-state index contributed by atoms with van der Waals surface area (Å²) in [5, 5.41) is 24.5. The summed E-state index contributed by atoms with van der Waals surface area (Å²) in [4.78, 5) is 23.0. The van der Waals surface area contributed by atoms with Gasteiger partial charge in [0.2, 0.25) is 0 Å². The molecule has 11 heteroatoms. The van der Waals surface area contributed by atoms with E-state index in [1.807, 2.05) is 80.0 Å². The third-order valence-electron chi connectivity index (χ3n) is 9.97. The van der Waals surface area contributed by atoms with E-state index in [4.69, 9.17) is 0 Å². The molecule has 0 atom stereocenters. The molecule has 51 heavy (non-hydrogen) atoms. The molecular weight excluding hydrogens is 637 g/mol. The molecule has 2 aliphatic rings. The molecule has 3 aromatic heterocycles. The average molecular weight is 681 g/mol. The van der Waals surface area contributed by atoms with Gasteiger partial charge in [-0.3, -0.25) is 13.9 Å². The van der Waals surface area contributed by atoms with E-state index in [2.05, 4.69) is 77.7 Å². The molecule has 5 heterocycles. The minimum atomic E-state index is -0.709. The van der Waals surface area contributed by atoms with Gasteiger partial charge in [-0.2, -0.15) is 10.4 Å². The van der Waals surface area contributed by atoms with Crippen LogP contribution in [0.2, 0.25) is 0 Å². The molecular formula is C40H44N10O. The Morgan fingerprint density at radius 3 is 2.59 bits per heavy atom. The quantitative estimate of drug-likeness (QED) is 0.187. The molecule has 2 aromatic carbocycles. The van der Waals surface area contributed by atoms with E-state index in [-0.39, 0.29) is 5.91 Å². The molecule has 2 fully saturated rings. The van der Waals surface area contributed by atoms with Crippen LogP contribution in [0.4, 0.5) is 22.7 Å². The molecule has 1 amide bonds. The number of imidazole rings is 1. The molecule has 7 rings (SSSR count). The first-order chi connectivity index (χ1) is 24.7. The van der Waals surface area contributed by atoms with Crippen molar-refractivity contribution >= 4 is 34.3 Å². The molecule has 0 radical (unpaired) electrons. The predicted molar refractivity (Wildman–Crippen MR) is 202 cm³/mol. The van der Waals surface area contributed by atoms with E-state index in [1.54, 1.807) is 6.20 Å². The molecule has 260 valence electrons. The summed E-state index contributed by atoms with van der Waals surface area (Å²) in [5.41, 5.74) is 7.34. The van der Waals surface area contributed by atoms with Crippen LogP contribution in [0.25, 0.3) is 5.65 Å². The highest BCUT2D eigenvalue weighted by Crippen LogP contribution is 2.31. The fourth-order valence-electron chi connectivity index (χ4n) is 6.62. The van der Waals surface area contributed by atoms with E-state index in [9.17, 15) is 10.1 Å². The Kier molecular flexibility index (Phi) is 9.50. The maximum absolute atomic E-state index is 13.7. The van der Waals surface area contributed by atoms with Crippen LogP contribution in [-0.4, -0.2) is 76.3 Å². The Bertz CT molecular complexity index is 2160. The van der Waals surface area contributed by atoms with E-state index in [1.165, 1.54) is 0 Å². The van der Waals surface area contributed by atoms with Gasteiger partial charge in [-0.05, 0) is 113 Å². The normalized spacial score (nSPS) is 15.6. The average Bonchev–Trinajstić information content (AvgIpc) is 3.79. The summed E-state index contributed by atoms with van der Waals surface area (Å²) in [7, 11) is 2.12. The minimum Gasteiger partial charge on any atom is -0.369 e. The lowest BCUT2D eigenvalue weighted by atomic mass is 9.85. The fraction of sp³-hybridized carbons (Fsp3) is 0.350. The monoisotopic (exact) mass is 680 g/mol. The number of aryl methyl sites for hydroxylation is 1. The van der Waals surface area contributed by atoms with Gasteiger partial charge in [0.15, 0.2) is 5.65 Å². The molecule has 0 aliphatic carbocycles. The van der Waals surface area contributed by atoms with Crippen molar-refractivity contribution in [2.24, 2.45) is 0 Å². The SMILES string of the molecule is Cc1ccc(C(=O)Nc2cc(N3CCN(C)CC3)cc(C(C)(C)C#N)c2)cc1C#Cc1cnc2c(Nc3cnn(C4CCNCC4)c3)cccn12. The number of fused-ring (bicyclic) bond motifs is 1. The molecule has 0 spiro atoms. The lowest BCUT2D eigenvalue weighted by Crippen LogP contribution is -2.44. The number of likely N-dealkylation sites (N-methyl/N-ethyl adjacent to an activating group) is 1. The molecule has 0 unspecified atom stereocenters. The van der Waals surface area contributed by atoms with Crippen molar-refractivity contribution in [2.75, 3.05) is 61.8 Å². The largest absolute Gasteiger partial charge is 0.369 e. The van der Waals surface area contributed by atoms with E-state index in [0.717, 1.165) is 97.2 Å². The Balaban J connectivity index is 1.10. The highest BCUT2D eigenvalue weighted by atomic mass is 16.1. The summed E-state index contributed by atoms with van der Waals surface area (Å²) < 4.78 is 4.02. The van der Waals surface area contributed by atoms with Crippen molar-refractivity contribution in [1.29, 1.82) is 5.26 Å². The van der Waals surface area contributed by atoms with Crippen LogP contribution in [0, 0.1) is 30.1 Å². The van der Waals surface area contributed by atoms with Crippen LogP contribution in [0.3, 0.4) is 0 Å². The number of nitriles is 1. The van der Waals surface area contributed by atoms with Crippen molar-refractivity contribution in [3.8, 4) is 17.9 Å². The smallest absolute Gasteiger partial charge is 0.255 e. The van der Waals surface area contributed by atoms with Crippen LogP contribution >= 0.6 is 0 Å². The second kappa shape index (κ2) is 14.3. The molecule has 0 bridgehead atoms. The Hall–Kier alpha value is -5.62. The van der Waals surface area contributed by atoms with Gasteiger partial charge in [-0.25, -0.2) is 4.98 Å². The molecule has 5 aromatic rings. The number of nitrogens with one attached hydrogen (secondary N) is 3. The van der Waals surface area contributed by atoms with Crippen molar-refractivity contribution in [3.05, 3.63) is 101 Å². The zero-order valence-corrected chi connectivity index (χ0v) is 29.7. The van der Waals surface area contributed by atoms with E-state index < -0.39 is 5.41 Å². The topological polar surface area (TPSA) is 119 Å². The number of piperidine rings is 1. The highest BCUT2D eigenvalue weighted by molar-refractivity contribution is 6.05. The number of amides is 1. The van der Waals surface area contributed by atoms with E-state index >= 15 is 0 Å². The molecule has 0 saturated carbocycles. The standard InChI is InChI=1S/C40H44N10O/c1-28-7-8-30(39(51)46-32-21-31(40(2,3)27-41)22-36(23-32)48-18-16-47(4)17-19-48)20-29(28)9-10-35-25-43-38-37(6-5-15-49(35)38)45-33-24-44-50(26-33)34-11-13-42-14-12-34/h5-8,15,20-26,34,42,45H,11-14,16-19H2,1-4H3,(H,46,51). The number of benzene rings is 2. The van der Waals surface area contributed by atoms with Crippen LogP contribution in [0.5, 0.6) is 0 Å². The summed E-state index contributed by atoms with van der Waals surface area (Å²) in [6, 6.07) is 18.3. The van der Waals surface area contributed by atoms with Crippen LogP contribution < -0.4 is 20.9 Å². The number of anilines is 4. The lowest BCUT2D eigenvalue weighted by Gasteiger charge is -2.35. The Morgan fingerprint density at radius 1 is 1.00 bits per heavy atom. The number of piperazine rings is 1. The summed E-state index contributed by atoms with van der Waals surface area (Å²) in [6.45, 7) is 11.5. The zero-order chi connectivity index (χ0) is 35.5. The molecule has 11 nitrogen and oxygen atoms in total. The van der Waals surface area contributed by atoms with Crippen LogP contribution in [0.1, 0.15) is 65.5 Å². The number of rotatable bonds is 7. The minimum absolute atomic E-state index is 0.233. The van der Waals surface area contributed by atoms with Gasteiger partial charge in [-0.15, -0.1) is 0 Å². The number of carbonyl (C=O) groups is 1. The van der Waals surface area contributed by atoms with Crippen LogP contribution in [0.15, 0.2) is 73.3 Å². The van der Waals surface area contributed by atoms with Crippen molar-refractivity contribution in [2.45, 2.75) is 45.1 Å². The van der Waals surface area contributed by atoms with Gasteiger partial charge in [0.1, 0.15) is 5.69 Å². The lowest BCUT2D eigenvalue weighted by molar-refractivity contribution is 0.102. The van der Waals surface area contributed by atoms with Gasteiger partial charge >= 0.3 is 0 Å². The van der Waals surface area contributed by atoms with Crippen LogP contribution in [-0.2, 0) is 5.41 Å². The number of hydrogen-bond acceptors (Lipinski definition) is 8. The number of hydrogen-bond donors (Lipinski definition) is 3. The second-order valence-corrected chi connectivity index (χ2v) is 14.1. The summed E-state index contributed by atoms with van der Waals surface area (Å²) >= 11 is 0. The number of pyridine rings is 1. The second-order valence-electron chi connectivity index (χ2n) is 14.1. The van der Waals surface area contributed by atoms with Gasteiger partial charge in [-0.1, -0.05) is 12.0 Å². The summed E-state index contributed by atoms with van der Waals surface area (Å²) in [6.07, 6.45) is 9.78. The highest BCUT2D eigenvalue weighted by Gasteiger charge is 2.24. The van der Waals surface area contributed by atoms with Crippen molar-refractivity contribution in [3.63, 3.8) is 0 Å². The maximum Gasteiger partial charge on any atom is 0.255 e. The molecule has 2 saturated heterocycles. The van der Waals surface area contributed by atoms with Crippen molar-refractivity contribution < 1.29 is 4.79 Å². The number of carbonyl (C=O) groups excluding carboxylic acids is 1. The van der Waals surface area contributed by atoms with Gasteiger partial charge in [0.05, 0.1) is 41.3 Å². The van der Waals surface area contributed by atoms with E-state index in [0.29, 0.717) is 17.3 Å². The summed E-state index contributed by atoms with van der Waals surface area (Å²) in [5.74, 6) is 6.34. The zero-order valence-electron chi connectivity index (χ0n) is 29.7. The Morgan fingerprint density at radius 2 is 1.80 bits per heavy atom. The van der Waals surface area contributed by atoms with Crippen molar-refractivity contribution in [1.82, 2.24) is 29.4 Å². The number of nitrogens with zero attached hydrogens (tertiary/aromatic N) is 7. The first kappa shape index (κ1) is 33.9. The number of aromatic nitrogens is 4. The molecule has 2 aliphatic heterocycles.